The fraction of sp³-hybridized carbons (Fsp3) is 0.471. The third-order valence-electron chi connectivity index (χ3n) is 4.03. The van der Waals surface area contributed by atoms with E-state index in [1.165, 1.54) is 0 Å². The SMILES string of the molecule is CN(C)CCN(C(=O)N/C=C/c1cccc(Br)c1)C1CCS(=O)(=O)C1. The van der Waals surface area contributed by atoms with Gasteiger partial charge in [-0.05, 0) is 44.3 Å². The summed E-state index contributed by atoms with van der Waals surface area (Å²) in [6.45, 7) is 1.17. The van der Waals surface area contributed by atoms with Crippen LogP contribution in [0.4, 0.5) is 4.79 Å². The predicted octanol–water partition coefficient (Wildman–Crippen LogP) is 2.18. The molecule has 1 saturated heterocycles. The van der Waals surface area contributed by atoms with Gasteiger partial charge in [-0.3, -0.25) is 0 Å². The number of urea groups is 1. The number of sulfone groups is 1. The number of carbonyl (C=O) groups is 1. The lowest BCUT2D eigenvalue weighted by Crippen LogP contribution is -2.48. The number of amides is 2. The fourth-order valence-electron chi connectivity index (χ4n) is 2.68. The molecule has 1 aromatic rings. The minimum absolute atomic E-state index is 0.0448. The molecule has 1 heterocycles. The largest absolute Gasteiger partial charge is 0.321 e. The van der Waals surface area contributed by atoms with E-state index in [0.717, 1.165) is 10.0 Å². The Labute approximate surface area is 157 Å². The highest BCUT2D eigenvalue weighted by Crippen LogP contribution is 2.18. The molecule has 2 rings (SSSR count). The first-order valence-corrected chi connectivity index (χ1v) is 10.7. The van der Waals surface area contributed by atoms with Crippen molar-refractivity contribution in [3.05, 3.63) is 40.5 Å². The second kappa shape index (κ2) is 8.82. The van der Waals surface area contributed by atoms with Crippen molar-refractivity contribution >= 4 is 37.9 Å². The van der Waals surface area contributed by atoms with E-state index in [0.29, 0.717) is 19.5 Å². The number of nitrogens with zero attached hydrogens (tertiary/aromatic N) is 2. The average molecular weight is 430 g/mol. The molecule has 0 saturated carbocycles. The van der Waals surface area contributed by atoms with Crippen LogP contribution in [0.5, 0.6) is 0 Å². The van der Waals surface area contributed by atoms with Gasteiger partial charge in [0.2, 0.25) is 0 Å². The van der Waals surface area contributed by atoms with Crippen molar-refractivity contribution < 1.29 is 13.2 Å². The molecule has 1 aromatic carbocycles. The molecule has 1 aliphatic rings. The molecule has 0 aliphatic carbocycles. The van der Waals surface area contributed by atoms with Crippen LogP contribution in [-0.2, 0) is 9.84 Å². The van der Waals surface area contributed by atoms with Crippen molar-refractivity contribution in [2.45, 2.75) is 12.5 Å². The number of likely N-dealkylation sites (N-methyl/N-ethyl adjacent to an activating group) is 1. The van der Waals surface area contributed by atoms with Gasteiger partial charge in [-0.2, -0.15) is 0 Å². The summed E-state index contributed by atoms with van der Waals surface area (Å²) in [6, 6.07) is 7.19. The lowest BCUT2D eigenvalue weighted by Gasteiger charge is -2.29. The molecule has 1 fully saturated rings. The Kier molecular flexibility index (Phi) is 7.04. The van der Waals surface area contributed by atoms with Crippen LogP contribution in [0.1, 0.15) is 12.0 Å². The number of halogens is 1. The van der Waals surface area contributed by atoms with Crippen LogP contribution in [0.2, 0.25) is 0 Å². The molecule has 8 heteroatoms. The van der Waals surface area contributed by atoms with Crippen LogP contribution in [0.15, 0.2) is 34.9 Å². The Morgan fingerprint density at radius 1 is 1.36 bits per heavy atom. The van der Waals surface area contributed by atoms with Crippen molar-refractivity contribution in [1.29, 1.82) is 0 Å². The van der Waals surface area contributed by atoms with E-state index in [9.17, 15) is 13.2 Å². The zero-order chi connectivity index (χ0) is 18.4. The molecule has 6 nitrogen and oxygen atoms in total. The van der Waals surface area contributed by atoms with Crippen LogP contribution >= 0.6 is 15.9 Å². The van der Waals surface area contributed by atoms with Gasteiger partial charge in [0.25, 0.3) is 0 Å². The Morgan fingerprint density at radius 2 is 2.12 bits per heavy atom. The first-order chi connectivity index (χ1) is 11.8. The van der Waals surface area contributed by atoms with Crippen LogP contribution < -0.4 is 5.32 Å². The van der Waals surface area contributed by atoms with E-state index in [1.54, 1.807) is 17.2 Å². The number of nitrogens with one attached hydrogen (secondary N) is 1. The third-order valence-corrected chi connectivity index (χ3v) is 6.27. The summed E-state index contributed by atoms with van der Waals surface area (Å²) >= 11 is 3.40. The highest BCUT2D eigenvalue weighted by Gasteiger charge is 2.34. The van der Waals surface area contributed by atoms with E-state index >= 15 is 0 Å². The summed E-state index contributed by atoms with van der Waals surface area (Å²) in [4.78, 5) is 16.2. The van der Waals surface area contributed by atoms with Gasteiger partial charge in [-0.25, -0.2) is 13.2 Å². The number of benzene rings is 1. The molecule has 138 valence electrons. The molecule has 0 aromatic heterocycles. The van der Waals surface area contributed by atoms with Crippen LogP contribution in [-0.4, -0.2) is 69.0 Å². The summed E-state index contributed by atoms with van der Waals surface area (Å²) in [7, 11) is 0.811. The summed E-state index contributed by atoms with van der Waals surface area (Å²) in [5.41, 5.74) is 0.956. The van der Waals surface area contributed by atoms with E-state index in [2.05, 4.69) is 21.2 Å². The molecular formula is C17H24BrN3O3S. The van der Waals surface area contributed by atoms with Gasteiger partial charge in [-0.1, -0.05) is 28.1 Å². The maximum atomic E-state index is 12.6. The second-order valence-electron chi connectivity index (χ2n) is 6.39. The van der Waals surface area contributed by atoms with Crippen LogP contribution in [0, 0.1) is 0 Å². The number of rotatable bonds is 6. The molecular weight excluding hydrogens is 406 g/mol. The van der Waals surface area contributed by atoms with E-state index in [-0.39, 0.29) is 23.6 Å². The van der Waals surface area contributed by atoms with Gasteiger partial charge in [0.1, 0.15) is 0 Å². The zero-order valence-corrected chi connectivity index (χ0v) is 16.9. The van der Waals surface area contributed by atoms with E-state index < -0.39 is 9.84 Å². The molecule has 2 amide bonds. The standard InChI is InChI=1S/C17H24BrN3O3S/c1-20(2)9-10-21(16-7-11-25(23,24)13-16)17(22)19-8-6-14-4-3-5-15(18)12-14/h3-6,8,12,16H,7,9-11,13H2,1-2H3,(H,19,22)/b8-6+. The van der Waals surface area contributed by atoms with Gasteiger partial charge >= 0.3 is 6.03 Å². The second-order valence-corrected chi connectivity index (χ2v) is 9.54. The normalized spacial score (nSPS) is 19.4. The molecule has 1 unspecified atom stereocenters. The Bertz CT molecular complexity index is 734. The van der Waals surface area contributed by atoms with E-state index in [4.69, 9.17) is 0 Å². The van der Waals surface area contributed by atoms with Crippen LogP contribution in [0.25, 0.3) is 6.08 Å². The third kappa shape index (κ3) is 6.45. The van der Waals surface area contributed by atoms with Crippen LogP contribution in [0.3, 0.4) is 0 Å². The minimum Gasteiger partial charge on any atom is -0.319 e. The summed E-state index contributed by atoms with van der Waals surface area (Å²) in [6.07, 6.45) is 3.90. The smallest absolute Gasteiger partial charge is 0.319 e. The lowest BCUT2D eigenvalue weighted by atomic mass is 10.2. The van der Waals surface area contributed by atoms with Crippen molar-refractivity contribution in [3.8, 4) is 0 Å². The first kappa shape index (κ1) is 19.9. The Balaban J connectivity index is 2.01. The van der Waals surface area contributed by atoms with Gasteiger partial charge in [0.05, 0.1) is 11.5 Å². The lowest BCUT2D eigenvalue weighted by molar-refractivity contribution is 0.176. The fourth-order valence-corrected chi connectivity index (χ4v) is 4.83. The van der Waals surface area contributed by atoms with Crippen molar-refractivity contribution in [3.63, 3.8) is 0 Å². The maximum absolute atomic E-state index is 12.6. The molecule has 0 spiro atoms. The van der Waals surface area contributed by atoms with Crippen molar-refractivity contribution in [2.24, 2.45) is 0 Å². The maximum Gasteiger partial charge on any atom is 0.321 e. The first-order valence-electron chi connectivity index (χ1n) is 8.11. The molecule has 0 bridgehead atoms. The highest BCUT2D eigenvalue weighted by atomic mass is 79.9. The molecule has 25 heavy (non-hydrogen) atoms. The Hall–Kier alpha value is -1.38. The highest BCUT2D eigenvalue weighted by molar-refractivity contribution is 9.10. The van der Waals surface area contributed by atoms with Gasteiger partial charge < -0.3 is 15.1 Å². The number of carbonyl (C=O) groups excluding carboxylic acids is 1. The summed E-state index contributed by atoms with van der Waals surface area (Å²) in [5.74, 6) is 0.195. The summed E-state index contributed by atoms with van der Waals surface area (Å²) < 4.78 is 24.5. The van der Waals surface area contributed by atoms with Gasteiger partial charge in [0, 0.05) is 29.8 Å². The predicted molar refractivity (Wildman–Crippen MR) is 104 cm³/mol. The number of hydrogen-bond acceptors (Lipinski definition) is 4. The molecule has 1 aliphatic heterocycles. The quantitative estimate of drug-likeness (QED) is 0.751. The molecule has 1 N–H and O–H groups in total. The minimum atomic E-state index is -3.04. The van der Waals surface area contributed by atoms with Gasteiger partial charge in [-0.15, -0.1) is 0 Å². The summed E-state index contributed by atoms with van der Waals surface area (Å²) in [5, 5.41) is 2.76. The molecule has 0 radical (unpaired) electrons. The van der Waals surface area contributed by atoms with Crippen molar-refractivity contribution in [2.75, 3.05) is 38.7 Å². The number of hydrogen-bond donors (Lipinski definition) is 1. The zero-order valence-electron chi connectivity index (χ0n) is 14.5. The van der Waals surface area contributed by atoms with E-state index in [1.807, 2.05) is 43.3 Å². The Morgan fingerprint density at radius 3 is 2.72 bits per heavy atom. The average Bonchev–Trinajstić information content (AvgIpc) is 2.87. The van der Waals surface area contributed by atoms with Crippen molar-refractivity contribution in [1.82, 2.24) is 15.1 Å². The van der Waals surface area contributed by atoms with Gasteiger partial charge in [0.15, 0.2) is 9.84 Å². The monoisotopic (exact) mass is 429 g/mol. The topological polar surface area (TPSA) is 69.7 Å². The molecule has 1 atom stereocenters.